The Morgan fingerprint density at radius 2 is 2.11 bits per heavy atom. The molecule has 0 aromatic carbocycles. The van der Waals surface area contributed by atoms with Gasteiger partial charge in [0.15, 0.2) is 0 Å². The molecule has 1 rings (SSSR count). The molecule has 0 amide bonds. The van der Waals surface area contributed by atoms with Gasteiger partial charge in [0, 0.05) is 25.4 Å². The first kappa shape index (κ1) is 14.4. The molecule has 0 radical (unpaired) electrons. The first-order valence-corrected chi connectivity index (χ1v) is 7.28. The second-order valence-electron chi connectivity index (χ2n) is 4.18. The molecule has 0 N–H and O–H groups in total. The van der Waals surface area contributed by atoms with Gasteiger partial charge >= 0.3 is 0 Å². The molecule has 0 saturated heterocycles. The van der Waals surface area contributed by atoms with Crippen LogP contribution >= 0.6 is 0 Å². The molecule has 0 bridgehead atoms. The Bertz CT molecular complexity index is 527. The van der Waals surface area contributed by atoms with Crippen molar-refractivity contribution in [3.8, 4) is 0 Å². The van der Waals surface area contributed by atoms with Gasteiger partial charge in [-0.3, -0.25) is 10.1 Å². The molecule has 1 heterocycles. The zero-order chi connectivity index (χ0) is 13.9. The summed E-state index contributed by atoms with van der Waals surface area (Å²) in [5, 5.41) is 10.5. The van der Waals surface area contributed by atoms with Gasteiger partial charge in [-0.2, -0.15) is 0 Å². The lowest BCUT2D eigenvalue weighted by atomic mass is 10.3. The fraction of sp³-hybridized carbons (Fsp3) is 0.500. The summed E-state index contributed by atoms with van der Waals surface area (Å²) in [7, 11) is -1.38. The van der Waals surface area contributed by atoms with Gasteiger partial charge in [0.05, 0.1) is 10.7 Å². The summed E-state index contributed by atoms with van der Waals surface area (Å²) >= 11 is 0. The van der Waals surface area contributed by atoms with E-state index in [2.05, 4.69) is 4.98 Å². The van der Waals surface area contributed by atoms with Crippen LogP contribution in [0, 0.1) is 10.1 Å². The highest BCUT2D eigenvalue weighted by atomic mass is 32.2. The zero-order valence-corrected chi connectivity index (χ0v) is 11.2. The Hall–Kier alpha value is -1.70. The van der Waals surface area contributed by atoms with E-state index in [0.29, 0.717) is 5.82 Å². The van der Waals surface area contributed by atoms with E-state index in [1.54, 1.807) is 18.9 Å². The van der Waals surface area contributed by atoms with Crippen molar-refractivity contribution in [2.45, 2.75) is 13.0 Å². The molecular weight excluding hydrogens is 258 g/mol. The summed E-state index contributed by atoms with van der Waals surface area (Å²) < 4.78 is 22.4. The Kier molecular flexibility index (Phi) is 4.23. The van der Waals surface area contributed by atoms with Crippen molar-refractivity contribution in [2.75, 3.05) is 24.0 Å². The van der Waals surface area contributed by atoms with Crippen molar-refractivity contribution in [1.82, 2.24) is 4.98 Å². The van der Waals surface area contributed by atoms with E-state index in [4.69, 9.17) is 0 Å². The quantitative estimate of drug-likeness (QED) is 0.583. The van der Waals surface area contributed by atoms with Gasteiger partial charge in [0.1, 0.15) is 21.9 Å². The predicted octanol–water partition coefficient (Wildman–Crippen LogP) is 0.859. The van der Waals surface area contributed by atoms with Crippen LogP contribution < -0.4 is 4.90 Å². The molecule has 0 fully saturated rings. The molecule has 0 saturated carbocycles. The smallest absolute Gasteiger partial charge is 0.287 e. The van der Waals surface area contributed by atoms with Crippen LogP contribution in [0.15, 0.2) is 18.3 Å². The number of nitro groups is 1. The summed E-state index contributed by atoms with van der Waals surface area (Å²) in [5.41, 5.74) is -0.0945. The monoisotopic (exact) mass is 273 g/mol. The number of sulfone groups is 1. The lowest BCUT2D eigenvalue weighted by Gasteiger charge is -2.25. The van der Waals surface area contributed by atoms with Gasteiger partial charge in [-0.25, -0.2) is 13.4 Å². The van der Waals surface area contributed by atoms with Crippen molar-refractivity contribution in [3.63, 3.8) is 0 Å². The number of hydrogen-bond donors (Lipinski definition) is 0. The third-order valence-corrected chi connectivity index (χ3v) is 3.60. The largest absolute Gasteiger partial charge is 0.356 e. The first-order valence-electron chi connectivity index (χ1n) is 5.21. The average molecular weight is 273 g/mol. The van der Waals surface area contributed by atoms with E-state index in [-0.39, 0.29) is 17.5 Å². The minimum Gasteiger partial charge on any atom is -0.356 e. The number of nitrogens with zero attached hydrogens (tertiary/aromatic N) is 3. The van der Waals surface area contributed by atoms with E-state index in [0.717, 1.165) is 6.20 Å². The normalized spacial score (nSPS) is 13.1. The maximum absolute atomic E-state index is 11.2. The predicted molar refractivity (Wildman–Crippen MR) is 68.5 cm³/mol. The molecule has 100 valence electrons. The number of hydrogen-bond acceptors (Lipinski definition) is 6. The van der Waals surface area contributed by atoms with Crippen LogP contribution in [-0.2, 0) is 9.84 Å². The lowest BCUT2D eigenvalue weighted by molar-refractivity contribution is -0.385. The fourth-order valence-corrected chi connectivity index (χ4v) is 2.57. The highest BCUT2D eigenvalue weighted by Crippen LogP contribution is 2.16. The van der Waals surface area contributed by atoms with Crippen LogP contribution in [0.25, 0.3) is 0 Å². The molecule has 0 aliphatic heterocycles. The summed E-state index contributed by atoms with van der Waals surface area (Å²) in [5.74, 6) is 0.499. The minimum absolute atomic E-state index is 0.00215. The van der Waals surface area contributed by atoms with E-state index in [1.165, 1.54) is 18.4 Å². The van der Waals surface area contributed by atoms with E-state index >= 15 is 0 Å². The van der Waals surface area contributed by atoms with E-state index < -0.39 is 14.8 Å². The average Bonchev–Trinajstić information content (AvgIpc) is 2.26. The topological polar surface area (TPSA) is 93.4 Å². The number of aromatic nitrogens is 1. The van der Waals surface area contributed by atoms with Crippen LogP contribution in [0.4, 0.5) is 11.5 Å². The van der Waals surface area contributed by atoms with E-state index in [9.17, 15) is 18.5 Å². The molecular formula is C10H15N3O4S. The maximum atomic E-state index is 11.2. The number of anilines is 1. The second-order valence-corrected chi connectivity index (χ2v) is 6.37. The molecule has 8 heteroatoms. The van der Waals surface area contributed by atoms with Crippen molar-refractivity contribution in [2.24, 2.45) is 0 Å². The molecule has 1 unspecified atom stereocenters. The van der Waals surface area contributed by atoms with Crippen molar-refractivity contribution in [1.29, 1.82) is 0 Å². The molecule has 1 aromatic rings. The number of rotatable bonds is 5. The van der Waals surface area contributed by atoms with Crippen molar-refractivity contribution < 1.29 is 13.3 Å². The van der Waals surface area contributed by atoms with Gasteiger partial charge in [-0.05, 0) is 13.0 Å². The van der Waals surface area contributed by atoms with Gasteiger partial charge in [0.2, 0.25) is 0 Å². The first-order chi connectivity index (χ1) is 8.20. The van der Waals surface area contributed by atoms with Gasteiger partial charge in [-0.15, -0.1) is 0 Å². The Balaban J connectivity index is 2.84. The highest BCUT2D eigenvalue weighted by molar-refractivity contribution is 7.90. The Labute approximate surface area is 106 Å². The Morgan fingerprint density at radius 3 is 2.50 bits per heavy atom. The van der Waals surface area contributed by atoms with Crippen LogP contribution in [-0.4, -0.2) is 43.4 Å². The third kappa shape index (κ3) is 3.95. The molecule has 1 aromatic heterocycles. The molecule has 0 aliphatic rings. The van der Waals surface area contributed by atoms with Crippen molar-refractivity contribution in [3.05, 3.63) is 28.4 Å². The summed E-state index contributed by atoms with van der Waals surface area (Å²) in [6.07, 6.45) is 2.32. The van der Waals surface area contributed by atoms with E-state index in [1.807, 2.05) is 0 Å². The van der Waals surface area contributed by atoms with Crippen molar-refractivity contribution >= 4 is 21.3 Å². The zero-order valence-electron chi connectivity index (χ0n) is 10.4. The van der Waals surface area contributed by atoms with Gasteiger partial charge in [-0.1, -0.05) is 0 Å². The van der Waals surface area contributed by atoms with Crippen LogP contribution in [0.3, 0.4) is 0 Å². The third-order valence-electron chi connectivity index (χ3n) is 2.51. The fourth-order valence-electron chi connectivity index (χ4n) is 1.47. The molecule has 0 aliphatic carbocycles. The van der Waals surface area contributed by atoms with Crippen LogP contribution in [0.5, 0.6) is 0 Å². The molecule has 1 atom stereocenters. The molecule has 7 nitrogen and oxygen atoms in total. The molecule has 0 spiro atoms. The maximum Gasteiger partial charge on any atom is 0.287 e. The van der Waals surface area contributed by atoms with Crippen LogP contribution in [0.1, 0.15) is 6.92 Å². The Morgan fingerprint density at radius 1 is 1.50 bits per heavy atom. The molecule has 18 heavy (non-hydrogen) atoms. The van der Waals surface area contributed by atoms with Gasteiger partial charge in [0.25, 0.3) is 5.69 Å². The summed E-state index contributed by atoms with van der Waals surface area (Å²) in [6, 6.07) is 2.58. The number of pyridine rings is 1. The SMILES string of the molecule is CC(CS(C)(=O)=O)N(C)c1ccc([N+](=O)[O-])cn1. The standard InChI is InChI=1S/C10H15N3O4S/c1-8(7-18(3,16)17)12(2)10-5-4-9(6-11-10)13(14)15/h4-6,8H,7H2,1-3H3. The highest BCUT2D eigenvalue weighted by Gasteiger charge is 2.17. The van der Waals surface area contributed by atoms with Crippen LogP contribution in [0.2, 0.25) is 0 Å². The summed E-state index contributed by atoms with van der Waals surface area (Å²) in [6.45, 7) is 1.75. The lowest BCUT2D eigenvalue weighted by Crippen LogP contribution is -2.35. The summed E-state index contributed by atoms with van der Waals surface area (Å²) in [4.78, 5) is 15.6. The second kappa shape index (κ2) is 5.30. The van der Waals surface area contributed by atoms with Gasteiger partial charge < -0.3 is 4.90 Å². The minimum atomic E-state index is -3.08.